The highest BCUT2D eigenvalue weighted by atomic mass is 32.1. The van der Waals surface area contributed by atoms with Gasteiger partial charge in [-0.05, 0) is 24.0 Å². The highest BCUT2D eigenvalue weighted by molar-refractivity contribution is 7.80. The van der Waals surface area contributed by atoms with Crippen molar-refractivity contribution in [3.05, 3.63) is 35.4 Å². The van der Waals surface area contributed by atoms with Crippen LogP contribution in [0.2, 0.25) is 0 Å². The molecule has 0 nitrogen and oxygen atoms in total. The van der Waals surface area contributed by atoms with Gasteiger partial charge in [-0.15, -0.1) is 0 Å². The predicted molar refractivity (Wildman–Crippen MR) is 126 cm³/mol. The van der Waals surface area contributed by atoms with Gasteiger partial charge in [0.05, 0.1) is 0 Å². The van der Waals surface area contributed by atoms with Gasteiger partial charge in [0.1, 0.15) is 0 Å². The lowest BCUT2D eigenvalue weighted by Crippen LogP contribution is -2.01. The van der Waals surface area contributed by atoms with E-state index < -0.39 is 0 Å². The number of rotatable bonds is 16. The minimum absolute atomic E-state index is 0.358. The molecule has 2 unspecified atom stereocenters. The molecule has 150 valence electrons. The lowest BCUT2D eigenvalue weighted by atomic mass is 9.95. The van der Waals surface area contributed by atoms with Crippen molar-refractivity contribution in [2.75, 3.05) is 0 Å². The fourth-order valence-corrected chi connectivity index (χ4v) is 4.50. The van der Waals surface area contributed by atoms with Crippen LogP contribution in [0.3, 0.4) is 0 Å². The molecule has 1 aromatic carbocycles. The molecule has 0 heterocycles. The molecule has 0 aliphatic heterocycles. The van der Waals surface area contributed by atoms with E-state index in [-0.39, 0.29) is 0 Å². The zero-order valence-corrected chi connectivity index (χ0v) is 19.0. The van der Waals surface area contributed by atoms with Crippen molar-refractivity contribution in [3.8, 4) is 0 Å². The van der Waals surface area contributed by atoms with Crippen molar-refractivity contribution < 1.29 is 0 Å². The summed E-state index contributed by atoms with van der Waals surface area (Å²) in [4.78, 5) is 0. The second kappa shape index (κ2) is 15.9. The van der Waals surface area contributed by atoms with Crippen molar-refractivity contribution in [2.45, 2.75) is 114 Å². The first-order valence-corrected chi connectivity index (χ1v) is 12.2. The second-order valence-corrected chi connectivity index (χ2v) is 9.02. The van der Waals surface area contributed by atoms with Gasteiger partial charge in [-0.2, -0.15) is 25.3 Å². The minimum Gasteiger partial charge on any atom is -0.171 e. The Morgan fingerprint density at radius 1 is 0.577 bits per heavy atom. The first kappa shape index (κ1) is 24.0. The van der Waals surface area contributed by atoms with Crippen molar-refractivity contribution >= 4 is 25.3 Å². The highest BCUT2D eigenvalue weighted by Crippen LogP contribution is 2.36. The van der Waals surface area contributed by atoms with Gasteiger partial charge in [0.2, 0.25) is 0 Å². The molecule has 0 aliphatic rings. The van der Waals surface area contributed by atoms with Crippen LogP contribution in [-0.2, 0) is 0 Å². The molecule has 0 amide bonds. The van der Waals surface area contributed by atoms with Crippen molar-refractivity contribution in [1.29, 1.82) is 0 Å². The summed E-state index contributed by atoms with van der Waals surface area (Å²) in [6, 6.07) is 8.87. The number of hydrogen-bond acceptors (Lipinski definition) is 2. The summed E-state index contributed by atoms with van der Waals surface area (Å²) in [6.45, 7) is 4.56. The van der Waals surface area contributed by atoms with E-state index in [2.05, 4.69) is 38.1 Å². The Bertz CT molecular complexity index is 403. The van der Waals surface area contributed by atoms with Gasteiger partial charge in [-0.25, -0.2) is 0 Å². The molecular formula is C24H42S2. The Morgan fingerprint density at radius 2 is 0.923 bits per heavy atom. The SMILES string of the molecule is CCCCCCCCC(S)c1ccccc1C(S)CCCCCCCC. The molecule has 1 aromatic rings. The quantitative estimate of drug-likeness (QED) is 0.203. The molecule has 0 bridgehead atoms. The van der Waals surface area contributed by atoms with E-state index in [4.69, 9.17) is 25.3 Å². The topological polar surface area (TPSA) is 0 Å². The number of unbranched alkanes of at least 4 members (excludes halogenated alkanes) is 10. The van der Waals surface area contributed by atoms with Crippen LogP contribution < -0.4 is 0 Å². The Morgan fingerprint density at radius 3 is 1.31 bits per heavy atom. The van der Waals surface area contributed by atoms with Crippen LogP contribution >= 0.6 is 25.3 Å². The second-order valence-electron chi connectivity index (χ2n) is 7.77. The standard InChI is InChI=1S/C24H42S2/c1-3-5-7-9-11-13-19-23(25)21-17-15-16-18-22(21)24(26)20-14-12-10-8-6-4-2/h15-18,23-26H,3-14,19-20H2,1-2H3. The largest absolute Gasteiger partial charge is 0.171 e. The van der Waals surface area contributed by atoms with Gasteiger partial charge in [0.25, 0.3) is 0 Å². The van der Waals surface area contributed by atoms with Crippen LogP contribution in [0.15, 0.2) is 24.3 Å². The maximum atomic E-state index is 4.94. The summed E-state index contributed by atoms with van der Waals surface area (Å²) >= 11 is 9.88. The maximum Gasteiger partial charge on any atom is 0.0270 e. The van der Waals surface area contributed by atoms with Crippen LogP contribution in [0.5, 0.6) is 0 Å². The third-order valence-electron chi connectivity index (χ3n) is 5.38. The normalized spacial score (nSPS) is 13.7. The third kappa shape index (κ3) is 10.3. The van der Waals surface area contributed by atoms with Gasteiger partial charge in [-0.3, -0.25) is 0 Å². The monoisotopic (exact) mass is 394 g/mol. The fraction of sp³-hybridized carbons (Fsp3) is 0.750. The molecule has 1 rings (SSSR count). The smallest absolute Gasteiger partial charge is 0.0270 e. The van der Waals surface area contributed by atoms with Gasteiger partial charge in [0.15, 0.2) is 0 Å². The molecule has 0 saturated carbocycles. The highest BCUT2D eigenvalue weighted by Gasteiger charge is 2.15. The zero-order valence-electron chi connectivity index (χ0n) is 17.3. The summed E-state index contributed by atoms with van der Waals surface area (Å²) < 4.78 is 0. The molecule has 0 aliphatic carbocycles. The number of thiol groups is 2. The van der Waals surface area contributed by atoms with E-state index in [1.165, 1.54) is 101 Å². The lowest BCUT2D eigenvalue weighted by molar-refractivity contribution is 0.580. The molecule has 26 heavy (non-hydrogen) atoms. The summed E-state index contributed by atoms with van der Waals surface area (Å²) in [5.74, 6) is 0. The predicted octanol–water partition coefficient (Wildman–Crippen LogP) is 9.13. The molecule has 0 N–H and O–H groups in total. The molecule has 2 atom stereocenters. The first-order chi connectivity index (χ1) is 12.7. The van der Waals surface area contributed by atoms with Gasteiger partial charge < -0.3 is 0 Å². The van der Waals surface area contributed by atoms with E-state index in [0.29, 0.717) is 10.5 Å². The molecule has 2 heteroatoms. The van der Waals surface area contributed by atoms with E-state index in [1.54, 1.807) is 0 Å². The average molecular weight is 395 g/mol. The van der Waals surface area contributed by atoms with E-state index in [0.717, 1.165) is 0 Å². The zero-order chi connectivity index (χ0) is 19.0. The third-order valence-corrected chi connectivity index (χ3v) is 6.45. The maximum absolute atomic E-state index is 4.94. The van der Waals surface area contributed by atoms with E-state index in [1.807, 2.05) is 0 Å². The summed E-state index contributed by atoms with van der Waals surface area (Å²) in [5, 5.41) is 0.716. The summed E-state index contributed by atoms with van der Waals surface area (Å²) in [6.07, 6.45) is 18.6. The first-order valence-electron chi connectivity index (χ1n) is 11.2. The Balaban J connectivity index is 2.39. The van der Waals surface area contributed by atoms with E-state index in [9.17, 15) is 0 Å². The van der Waals surface area contributed by atoms with Crippen molar-refractivity contribution in [2.24, 2.45) is 0 Å². The lowest BCUT2D eigenvalue weighted by Gasteiger charge is -2.20. The average Bonchev–Trinajstić information content (AvgIpc) is 2.67. The molecular weight excluding hydrogens is 352 g/mol. The summed E-state index contributed by atoms with van der Waals surface area (Å²) in [5.41, 5.74) is 2.82. The molecule has 0 aromatic heterocycles. The number of benzene rings is 1. The van der Waals surface area contributed by atoms with Gasteiger partial charge >= 0.3 is 0 Å². The van der Waals surface area contributed by atoms with Gasteiger partial charge in [-0.1, -0.05) is 115 Å². The molecule has 0 spiro atoms. The van der Waals surface area contributed by atoms with Crippen LogP contribution in [0.4, 0.5) is 0 Å². The van der Waals surface area contributed by atoms with Crippen LogP contribution in [-0.4, -0.2) is 0 Å². The van der Waals surface area contributed by atoms with E-state index >= 15 is 0 Å². The molecule has 0 fully saturated rings. The Labute approximate surface area is 174 Å². The minimum atomic E-state index is 0.358. The van der Waals surface area contributed by atoms with Crippen LogP contribution in [0, 0.1) is 0 Å². The van der Waals surface area contributed by atoms with Crippen LogP contribution in [0.25, 0.3) is 0 Å². The van der Waals surface area contributed by atoms with Crippen LogP contribution in [0.1, 0.15) is 125 Å². The van der Waals surface area contributed by atoms with Gasteiger partial charge in [0, 0.05) is 10.5 Å². The Hall–Kier alpha value is -0.0800. The fourth-order valence-electron chi connectivity index (χ4n) is 3.66. The molecule has 0 saturated heterocycles. The Kier molecular flexibility index (Phi) is 14.7. The number of hydrogen-bond donors (Lipinski definition) is 2. The molecule has 0 radical (unpaired) electrons. The summed E-state index contributed by atoms with van der Waals surface area (Å²) in [7, 11) is 0. The van der Waals surface area contributed by atoms with Crippen molar-refractivity contribution in [1.82, 2.24) is 0 Å². The van der Waals surface area contributed by atoms with Crippen molar-refractivity contribution in [3.63, 3.8) is 0 Å².